The van der Waals surface area contributed by atoms with Gasteiger partial charge in [0.1, 0.15) is 10.8 Å². The molecule has 5 rings (SSSR count). The minimum Gasteiger partial charge on any atom is -0.353 e. The zero-order valence-electron chi connectivity index (χ0n) is 15.4. The number of rotatable bonds is 1. The van der Waals surface area contributed by atoms with Crippen LogP contribution >= 0.6 is 11.3 Å². The van der Waals surface area contributed by atoms with Crippen molar-refractivity contribution in [2.45, 2.75) is 31.6 Å². The number of hydrogen-bond donors (Lipinski definition) is 1. The van der Waals surface area contributed by atoms with Crippen molar-refractivity contribution in [1.82, 2.24) is 9.80 Å². The van der Waals surface area contributed by atoms with E-state index in [1.165, 1.54) is 36.2 Å². The lowest BCUT2D eigenvalue weighted by Crippen LogP contribution is -2.47. The van der Waals surface area contributed by atoms with Crippen molar-refractivity contribution in [3.8, 4) is 0 Å². The smallest absolute Gasteiger partial charge is 0.139 e. The van der Waals surface area contributed by atoms with Crippen LogP contribution in [0.1, 0.15) is 42.0 Å². The Labute approximate surface area is 159 Å². The van der Waals surface area contributed by atoms with E-state index in [-0.39, 0.29) is 0 Å². The maximum absolute atomic E-state index is 5.14. The Hall–Kier alpha value is -1.85. The van der Waals surface area contributed by atoms with Crippen molar-refractivity contribution >= 4 is 33.5 Å². The van der Waals surface area contributed by atoms with Gasteiger partial charge in [-0.05, 0) is 44.0 Å². The Bertz CT molecular complexity index is 826. The number of aliphatic imine (C=N–C) groups is 1. The molecule has 5 heteroatoms. The molecule has 0 atom stereocenters. The average molecular weight is 367 g/mol. The Morgan fingerprint density at radius 1 is 1.08 bits per heavy atom. The summed E-state index contributed by atoms with van der Waals surface area (Å²) in [6.45, 7) is 4.29. The van der Waals surface area contributed by atoms with Crippen molar-refractivity contribution in [3.63, 3.8) is 0 Å². The van der Waals surface area contributed by atoms with Crippen LogP contribution in [0.2, 0.25) is 0 Å². The van der Waals surface area contributed by atoms with E-state index in [9.17, 15) is 0 Å². The third-order valence-corrected chi connectivity index (χ3v) is 7.14. The lowest BCUT2D eigenvalue weighted by molar-refractivity contribution is 0.216. The molecule has 1 aliphatic carbocycles. The van der Waals surface area contributed by atoms with Crippen LogP contribution in [0, 0.1) is 0 Å². The van der Waals surface area contributed by atoms with Crippen LogP contribution in [0.15, 0.2) is 35.3 Å². The van der Waals surface area contributed by atoms with Crippen LogP contribution in [0.4, 0.5) is 16.4 Å². The fourth-order valence-electron chi connectivity index (χ4n) is 4.31. The number of hydrogen-bond acceptors (Lipinski definition) is 5. The Morgan fingerprint density at radius 2 is 1.85 bits per heavy atom. The molecule has 4 nitrogen and oxygen atoms in total. The summed E-state index contributed by atoms with van der Waals surface area (Å²) < 4.78 is 0. The molecule has 1 aromatic heterocycles. The van der Waals surface area contributed by atoms with Gasteiger partial charge >= 0.3 is 0 Å². The lowest BCUT2D eigenvalue weighted by atomic mass is 10.1. The van der Waals surface area contributed by atoms with Gasteiger partial charge < -0.3 is 15.1 Å². The van der Waals surface area contributed by atoms with Gasteiger partial charge in [0, 0.05) is 31.1 Å². The number of nitrogens with one attached hydrogen (secondary N) is 1. The highest BCUT2D eigenvalue weighted by Gasteiger charge is 2.28. The standard InChI is InChI=1S/C21H26N4S/c1-24-10-12-25(13-11-24)20-16-14-19(15-6-2-3-7-15)26-21(16)23-18-9-5-4-8-17(18)22-20/h4-5,8-9,14-15,23H,2-3,6-7,10-13H2,1H3. The number of piperazine rings is 1. The first kappa shape index (κ1) is 16.3. The van der Waals surface area contributed by atoms with Gasteiger partial charge in [0.2, 0.25) is 0 Å². The normalized spacial score (nSPS) is 21.0. The highest BCUT2D eigenvalue weighted by Crippen LogP contribution is 2.44. The molecule has 0 bridgehead atoms. The maximum Gasteiger partial charge on any atom is 0.139 e. The number of fused-ring (bicyclic) bond motifs is 2. The minimum absolute atomic E-state index is 0.748. The van der Waals surface area contributed by atoms with Gasteiger partial charge in [-0.3, -0.25) is 0 Å². The molecule has 3 heterocycles. The number of thiophene rings is 1. The van der Waals surface area contributed by atoms with Crippen molar-refractivity contribution in [2.75, 3.05) is 38.5 Å². The number of likely N-dealkylation sites (N-methyl/N-ethyl adjacent to an activating group) is 1. The van der Waals surface area contributed by atoms with E-state index < -0.39 is 0 Å². The van der Waals surface area contributed by atoms with Gasteiger partial charge in [-0.1, -0.05) is 25.0 Å². The molecule has 3 aliphatic rings. The number of para-hydroxylation sites is 2. The van der Waals surface area contributed by atoms with Gasteiger partial charge in [0.25, 0.3) is 0 Å². The van der Waals surface area contributed by atoms with Crippen molar-refractivity contribution in [2.24, 2.45) is 4.99 Å². The topological polar surface area (TPSA) is 30.9 Å². The average Bonchev–Trinajstić information content (AvgIpc) is 3.29. The second-order valence-corrected chi connectivity index (χ2v) is 8.82. The van der Waals surface area contributed by atoms with E-state index in [0.717, 1.165) is 49.3 Å². The molecular formula is C21H26N4S. The van der Waals surface area contributed by atoms with Crippen LogP contribution in [0.5, 0.6) is 0 Å². The molecule has 1 saturated carbocycles. The van der Waals surface area contributed by atoms with Gasteiger partial charge in [-0.25, -0.2) is 4.99 Å². The van der Waals surface area contributed by atoms with Crippen LogP contribution in [0.25, 0.3) is 0 Å². The fraction of sp³-hybridized carbons (Fsp3) is 0.476. The number of benzene rings is 1. The van der Waals surface area contributed by atoms with E-state index in [0.29, 0.717) is 0 Å². The zero-order chi connectivity index (χ0) is 17.5. The monoisotopic (exact) mass is 366 g/mol. The summed E-state index contributed by atoms with van der Waals surface area (Å²) in [5, 5.41) is 4.96. The molecule has 1 N–H and O–H groups in total. The van der Waals surface area contributed by atoms with Crippen LogP contribution in [-0.4, -0.2) is 48.9 Å². The molecule has 0 unspecified atom stereocenters. The van der Waals surface area contributed by atoms with Gasteiger partial charge in [-0.2, -0.15) is 0 Å². The summed E-state index contributed by atoms with van der Waals surface area (Å²) in [6, 6.07) is 10.9. The first-order chi connectivity index (χ1) is 12.8. The van der Waals surface area contributed by atoms with E-state index in [1.54, 1.807) is 4.88 Å². The summed E-state index contributed by atoms with van der Waals surface area (Å²) >= 11 is 1.95. The molecule has 2 aliphatic heterocycles. The quantitative estimate of drug-likeness (QED) is 0.787. The third kappa shape index (κ3) is 2.93. The SMILES string of the molecule is CN1CCN(C2=Nc3ccccc3Nc3sc(C4CCCC4)cc32)CC1. The maximum atomic E-state index is 5.14. The molecule has 26 heavy (non-hydrogen) atoms. The van der Waals surface area contributed by atoms with E-state index in [4.69, 9.17) is 4.99 Å². The molecule has 1 aromatic carbocycles. The van der Waals surface area contributed by atoms with Gasteiger partial charge in [0.15, 0.2) is 0 Å². The predicted molar refractivity (Wildman–Crippen MR) is 111 cm³/mol. The summed E-state index contributed by atoms with van der Waals surface area (Å²) in [4.78, 5) is 11.6. The summed E-state index contributed by atoms with van der Waals surface area (Å²) in [5.41, 5.74) is 3.47. The fourth-order valence-corrected chi connectivity index (χ4v) is 5.55. The molecule has 1 saturated heterocycles. The zero-order valence-corrected chi connectivity index (χ0v) is 16.2. The summed E-state index contributed by atoms with van der Waals surface area (Å²) in [6.07, 6.45) is 5.44. The second-order valence-electron chi connectivity index (χ2n) is 7.74. The van der Waals surface area contributed by atoms with E-state index in [1.807, 2.05) is 11.3 Å². The van der Waals surface area contributed by atoms with E-state index >= 15 is 0 Å². The highest BCUT2D eigenvalue weighted by molar-refractivity contribution is 7.16. The Balaban J connectivity index is 1.58. The number of anilines is 2. The minimum atomic E-state index is 0.748. The number of amidine groups is 1. The van der Waals surface area contributed by atoms with E-state index in [2.05, 4.69) is 52.5 Å². The Morgan fingerprint density at radius 3 is 2.65 bits per heavy atom. The molecule has 136 valence electrons. The molecular weight excluding hydrogens is 340 g/mol. The molecule has 0 spiro atoms. The molecule has 0 amide bonds. The molecule has 0 radical (unpaired) electrons. The Kier molecular flexibility index (Phi) is 4.21. The highest BCUT2D eigenvalue weighted by atomic mass is 32.1. The first-order valence-corrected chi connectivity index (χ1v) is 10.6. The van der Waals surface area contributed by atoms with Gasteiger partial charge in [-0.15, -0.1) is 11.3 Å². The molecule has 2 aromatic rings. The van der Waals surface area contributed by atoms with Crippen molar-refractivity contribution in [3.05, 3.63) is 40.8 Å². The summed E-state index contributed by atoms with van der Waals surface area (Å²) in [5.74, 6) is 1.91. The predicted octanol–water partition coefficient (Wildman–Crippen LogP) is 4.79. The van der Waals surface area contributed by atoms with Crippen LogP contribution < -0.4 is 5.32 Å². The van der Waals surface area contributed by atoms with Gasteiger partial charge in [0.05, 0.1) is 16.9 Å². The van der Waals surface area contributed by atoms with Crippen LogP contribution in [0.3, 0.4) is 0 Å². The summed E-state index contributed by atoms with van der Waals surface area (Å²) in [7, 11) is 2.21. The van der Waals surface area contributed by atoms with Crippen LogP contribution in [-0.2, 0) is 0 Å². The van der Waals surface area contributed by atoms with Crippen molar-refractivity contribution in [1.29, 1.82) is 0 Å². The largest absolute Gasteiger partial charge is 0.353 e. The lowest BCUT2D eigenvalue weighted by Gasteiger charge is -2.34. The first-order valence-electron chi connectivity index (χ1n) is 9.80. The van der Waals surface area contributed by atoms with Crippen molar-refractivity contribution < 1.29 is 0 Å². The second kappa shape index (κ2) is 6.71. The third-order valence-electron chi connectivity index (χ3n) is 5.93. The number of nitrogens with zero attached hydrogens (tertiary/aromatic N) is 3. The molecule has 2 fully saturated rings.